The first kappa shape index (κ1) is 16.8. The van der Waals surface area contributed by atoms with Crippen LogP contribution in [0.15, 0.2) is 54.6 Å². The minimum absolute atomic E-state index is 0.118. The summed E-state index contributed by atoms with van der Waals surface area (Å²) in [5.74, 6) is 0.249. The van der Waals surface area contributed by atoms with Crippen molar-refractivity contribution >= 4 is 11.8 Å². The molecule has 2 fully saturated rings. The Balaban J connectivity index is 1.40. The van der Waals surface area contributed by atoms with Gasteiger partial charge in [0.2, 0.25) is 11.8 Å². The number of hydrogen-bond donors (Lipinski definition) is 1. The predicted octanol–water partition coefficient (Wildman–Crippen LogP) is 3.02. The van der Waals surface area contributed by atoms with Crippen LogP contribution in [0.3, 0.4) is 0 Å². The first-order valence-electron chi connectivity index (χ1n) is 9.37. The lowest BCUT2D eigenvalue weighted by Crippen LogP contribution is -2.48. The molecule has 2 aromatic rings. The molecular formula is C22H24N2O2. The fourth-order valence-electron chi connectivity index (χ4n) is 4.14. The molecule has 4 rings (SSSR count). The molecule has 0 unspecified atom stereocenters. The Hall–Kier alpha value is -2.62. The highest BCUT2D eigenvalue weighted by Crippen LogP contribution is 2.37. The molecule has 2 aliphatic heterocycles. The van der Waals surface area contributed by atoms with Gasteiger partial charge >= 0.3 is 0 Å². The summed E-state index contributed by atoms with van der Waals surface area (Å²) < 4.78 is 0. The number of hydrogen-bond acceptors (Lipinski definition) is 2. The van der Waals surface area contributed by atoms with E-state index >= 15 is 0 Å². The minimum atomic E-state index is -0.342. The van der Waals surface area contributed by atoms with Crippen molar-refractivity contribution in [2.45, 2.75) is 25.7 Å². The first-order chi connectivity index (χ1) is 12.7. The second kappa shape index (κ2) is 6.94. The van der Waals surface area contributed by atoms with Crippen LogP contribution in [0, 0.1) is 5.41 Å². The Morgan fingerprint density at radius 1 is 1.00 bits per heavy atom. The molecule has 0 radical (unpaired) electrons. The maximum Gasteiger partial charge on any atom is 0.228 e. The molecule has 1 N–H and O–H groups in total. The number of carbonyl (C=O) groups is 2. The van der Waals surface area contributed by atoms with E-state index in [0.717, 1.165) is 36.9 Å². The number of nitrogens with one attached hydrogen (secondary N) is 1. The summed E-state index contributed by atoms with van der Waals surface area (Å²) in [4.78, 5) is 26.8. The van der Waals surface area contributed by atoms with Gasteiger partial charge in [0.25, 0.3) is 0 Å². The topological polar surface area (TPSA) is 49.4 Å². The molecule has 134 valence electrons. The summed E-state index contributed by atoms with van der Waals surface area (Å²) in [5, 5.41) is 2.97. The second-order valence-corrected chi connectivity index (χ2v) is 7.44. The molecule has 26 heavy (non-hydrogen) atoms. The van der Waals surface area contributed by atoms with Crippen LogP contribution in [0.2, 0.25) is 0 Å². The van der Waals surface area contributed by atoms with Gasteiger partial charge in [-0.15, -0.1) is 0 Å². The van der Waals surface area contributed by atoms with E-state index in [1.54, 1.807) is 0 Å². The van der Waals surface area contributed by atoms with Crippen LogP contribution < -0.4 is 5.32 Å². The fraction of sp³-hybridized carbons (Fsp3) is 0.364. The van der Waals surface area contributed by atoms with Crippen molar-refractivity contribution in [3.63, 3.8) is 0 Å². The van der Waals surface area contributed by atoms with E-state index in [1.165, 1.54) is 5.56 Å². The lowest BCUT2D eigenvalue weighted by molar-refractivity contribution is -0.134. The van der Waals surface area contributed by atoms with E-state index in [1.807, 2.05) is 35.2 Å². The summed E-state index contributed by atoms with van der Waals surface area (Å²) in [6.07, 6.45) is 3.09. The molecule has 1 spiro atoms. The number of amides is 2. The highest BCUT2D eigenvalue weighted by Gasteiger charge is 2.46. The maximum atomic E-state index is 12.7. The summed E-state index contributed by atoms with van der Waals surface area (Å²) >= 11 is 0. The molecule has 0 saturated carbocycles. The van der Waals surface area contributed by atoms with Crippen LogP contribution in [0.1, 0.15) is 24.8 Å². The SMILES string of the molecule is O=C(Cc1ccc(-c2ccccc2)cc1)N1CC[C@@]2(CCCNC2=O)C1. The van der Waals surface area contributed by atoms with Gasteiger partial charge in [0, 0.05) is 19.6 Å². The number of likely N-dealkylation sites (tertiary alicyclic amines) is 1. The number of carbonyl (C=O) groups excluding carboxylic acids is 2. The van der Waals surface area contributed by atoms with Gasteiger partial charge < -0.3 is 10.2 Å². The summed E-state index contributed by atoms with van der Waals surface area (Å²) in [7, 11) is 0. The standard InChI is InChI=1S/C22H24N2O2/c25-20(24-14-12-22(16-24)11-4-13-23-21(22)26)15-17-7-9-19(10-8-17)18-5-2-1-3-6-18/h1-3,5-10H,4,11-16H2,(H,23,26)/t22-/m0/s1. The van der Waals surface area contributed by atoms with Crippen molar-refractivity contribution < 1.29 is 9.59 Å². The molecule has 0 aromatic heterocycles. The summed E-state index contributed by atoms with van der Waals surface area (Å²) in [6.45, 7) is 2.02. The third-order valence-electron chi connectivity index (χ3n) is 5.72. The highest BCUT2D eigenvalue weighted by atomic mass is 16.2. The van der Waals surface area contributed by atoms with E-state index < -0.39 is 0 Å². The van der Waals surface area contributed by atoms with Crippen LogP contribution in [0.4, 0.5) is 0 Å². The monoisotopic (exact) mass is 348 g/mol. The third-order valence-corrected chi connectivity index (χ3v) is 5.72. The zero-order valence-electron chi connectivity index (χ0n) is 14.9. The predicted molar refractivity (Wildman–Crippen MR) is 101 cm³/mol. The van der Waals surface area contributed by atoms with Gasteiger partial charge in [-0.1, -0.05) is 54.6 Å². The van der Waals surface area contributed by atoms with Gasteiger partial charge in [0.1, 0.15) is 0 Å². The number of piperidine rings is 1. The Kier molecular flexibility index (Phi) is 4.49. The van der Waals surface area contributed by atoms with Gasteiger partial charge in [-0.2, -0.15) is 0 Å². The molecule has 2 heterocycles. The largest absolute Gasteiger partial charge is 0.356 e. The van der Waals surface area contributed by atoms with Crippen LogP contribution in [-0.4, -0.2) is 36.3 Å². The fourth-order valence-corrected chi connectivity index (χ4v) is 4.14. The van der Waals surface area contributed by atoms with Gasteiger partial charge in [-0.3, -0.25) is 9.59 Å². The average Bonchev–Trinajstić information content (AvgIpc) is 3.11. The van der Waals surface area contributed by atoms with Gasteiger partial charge in [0.05, 0.1) is 11.8 Å². The molecule has 0 bridgehead atoms. The van der Waals surface area contributed by atoms with Crippen LogP contribution in [0.25, 0.3) is 11.1 Å². The number of benzene rings is 2. The summed E-state index contributed by atoms with van der Waals surface area (Å²) in [5.41, 5.74) is 3.00. The first-order valence-corrected chi connectivity index (χ1v) is 9.37. The second-order valence-electron chi connectivity index (χ2n) is 7.44. The van der Waals surface area contributed by atoms with Gasteiger partial charge in [-0.25, -0.2) is 0 Å². The molecule has 0 aliphatic carbocycles. The van der Waals surface area contributed by atoms with Crippen molar-refractivity contribution in [2.24, 2.45) is 5.41 Å². The Bertz CT molecular complexity index is 801. The Morgan fingerprint density at radius 3 is 2.46 bits per heavy atom. The normalized spacial score (nSPS) is 22.5. The molecule has 4 nitrogen and oxygen atoms in total. The molecule has 2 saturated heterocycles. The number of rotatable bonds is 3. The van der Waals surface area contributed by atoms with Crippen LogP contribution in [0.5, 0.6) is 0 Å². The lowest BCUT2D eigenvalue weighted by atomic mass is 9.79. The maximum absolute atomic E-state index is 12.7. The average molecular weight is 348 g/mol. The van der Waals surface area contributed by atoms with Crippen LogP contribution in [-0.2, 0) is 16.0 Å². The molecule has 2 aromatic carbocycles. The van der Waals surface area contributed by atoms with Gasteiger partial charge in [0.15, 0.2) is 0 Å². The Labute approximate surface area is 154 Å². The van der Waals surface area contributed by atoms with E-state index in [0.29, 0.717) is 19.5 Å². The third kappa shape index (κ3) is 3.24. The van der Waals surface area contributed by atoms with Crippen LogP contribution >= 0.6 is 0 Å². The van der Waals surface area contributed by atoms with Crippen molar-refractivity contribution in [1.29, 1.82) is 0 Å². The summed E-state index contributed by atoms with van der Waals surface area (Å²) in [6, 6.07) is 18.4. The van der Waals surface area contributed by atoms with E-state index in [2.05, 4.69) is 29.6 Å². The Morgan fingerprint density at radius 2 is 1.73 bits per heavy atom. The van der Waals surface area contributed by atoms with E-state index in [4.69, 9.17) is 0 Å². The number of nitrogens with zero attached hydrogens (tertiary/aromatic N) is 1. The zero-order chi connectivity index (χ0) is 18.0. The molecule has 2 aliphatic rings. The molecule has 4 heteroatoms. The lowest BCUT2D eigenvalue weighted by Gasteiger charge is -2.32. The van der Waals surface area contributed by atoms with Crippen molar-refractivity contribution in [3.05, 3.63) is 60.2 Å². The van der Waals surface area contributed by atoms with Crippen molar-refractivity contribution in [1.82, 2.24) is 10.2 Å². The molecule has 2 amide bonds. The zero-order valence-corrected chi connectivity index (χ0v) is 14.9. The van der Waals surface area contributed by atoms with Gasteiger partial charge in [-0.05, 0) is 36.0 Å². The molecule has 1 atom stereocenters. The van der Waals surface area contributed by atoms with E-state index in [-0.39, 0.29) is 17.2 Å². The quantitative estimate of drug-likeness (QED) is 0.927. The highest BCUT2D eigenvalue weighted by molar-refractivity contribution is 5.86. The molecular weight excluding hydrogens is 324 g/mol. The smallest absolute Gasteiger partial charge is 0.228 e. The van der Waals surface area contributed by atoms with E-state index in [9.17, 15) is 9.59 Å². The van der Waals surface area contributed by atoms with Crippen molar-refractivity contribution in [3.8, 4) is 11.1 Å². The minimum Gasteiger partial charge on any atom is -0.356 e. The van der Waals surface area contributed by atoms with Crippen molar-refractivity contribution in [2.75, 3.05) is 19.6 Å².